The van der Waals surface area contributed by atoms with Crippen LogP contribution in [-0.4, -0.2) is 0 Å². The van der Waals surface area contributed by atoms with Crippen molar-refractivity contribution in [3.8, 4) is 0 Å². The summed E-state index contributed by atoms with van der Waals surface area (Å²) in [7, 11) is 0. The zero-order chi connectivity index (χ0) is 17.1. The molecule has 124 valence electrons. The summed E-state index contributed by atoms with van der Waals surface area (Å²) >= 11 is 0. The van der Waals surface area contributed by atoms with E-state index in [1.54, 1.807) is 5.56 Å². The van der Waals surface area contributed by atoms with Crippen LogP contribution >= 0.6 is 0 Å². The number of aryl methyl sites for hydroxylation is 4. The van der Waals surface area contributed by atoms with Gasteiger partial charge >= 0.3 is 0 Å². The fraction of sp³-hybridized carbons (Fsp3) is 0.478. The molecule has 0 saturated heterocycles. The quantitative estimate of drug-likeness (QED) is 0.595. The first-order valence-electron chi connectivity index (χ1n) is 9.08. The number of hydrogen-bond acceptors (Lipinski definition) is 0. The summed E-state index contributed by atoms with van der Waals surface area (Å²) in [5.74, 6) is 0.604. The van der Waals surface area contributed by atoms with Crippen molar-refractivity contribution in [2.45, 2.75) is 73.6 Å². The van der Waals surface area contributed by atoms with Crippen molar-refractivity contribution in [2.24, 2.45) is 0 Å². The predicted molar refractivity (Wildman–Crippen MR) is 103 cm³/mol. The molecule has 0 heteroatoms. The van der Waals surface area contributed by atoms with E-state index in [1.165, 1.54) is 38.9 Å². The third-order valence-corrected chi connectivity index (χ3v) is 5.11. The molecule has 0 bridgehead atoms. The highest BCUT2D eigenvalue weighted by Gasteiger charge is 2.11. The molecule has 0 aliphatic rings. The Balaban J connectivity index is 2.41. The van der Waals surface area contributed by atoms with Gasteiger partial charge in [-0.05, 0) is 90.5 Å². The number of benzene rings is 2. The molecule has 0 aliphatic carbocycles. The zero-order valence-corrected chi connectivity index (χ0v) is 16.0. The predicted octanol–water partition coefficient (Wildman–Crippen LogP) is 6.45. The Labute approximate surface area is 143 Å². The first-order valence-corrected chi connectivity index (χ1v) is 9.08. The van der Waals surface area contributed by atoms with E-state index in [-0.39, 0.29) is 0 Å². The third-order valence-electron chi connectivity index (χ3n) is 5.11. The molecule has 2 aromatic carbocycles. The fourth-order valence-corrected chi connectivity index (χ4v) is 3.89. The van der Waals surface area contributed by atoms with Crippen LogP contribution in [0.5, 0.6) is 0 Å². The van der Waals surface area contributed by atoms with Gasteiger partial charge in [0.25, 0.3) is 0 Å². The molecule has 23 heavy (non-hydrogen) atoms. The highest BCUT2D eigenvalue weighted by molar-refractivity contribution is 5.44. The Morgan fingerprint density at radius 2 is 1.26 bits per heavy atom. The third kappa shape index (κ3) is 3.86. The lowest BCUT2D eigenvalue weighted by Crippen LogP contribution is -2.02. The van der Waals surface area contributed by atoms with Gasteiger partial charge in [0.2, 0.25) is 0 Å². The van der Waals surface area contributed by atoms with Gasteiger partial charge in [-0.15, -0.1) is 0 Å². The van der Waals surface area contributed by atoms with Crippen molar-refractivity contribution >= 4 is 0 Å². The molecule has 0 atom stereocenters. The molecule has 0 radical (unpaired) electrons. The second-order valence-electron chi connectivity index (χ2n) is 7.22. The van der Waals surface area contributed by atoms with E-state index in [0.29, 0.717) is 5.92 Å². The van der Waals surface area contributed by atoms with Crippen molar-refractivity contribution in [1.82, 2.24) is 0 Å². The van der Waals surface area contributed by atoms with Gasteiger partial charge in [0, 0.05) is 0 Å². The van der Waals surface area contributed by atoms with Crippen LogP contribution in [0.4, 0.5) is 0 Å². The molecular formula is C23H32. The maximum Gasteiger partial charge on any atom is -0.00254 e. The Morgan fingerprint density at radius 3 is 1.78 bits per heavy atom. The maximum absolute atomic E-state index is 2.43. The normalized spacial score (nSPS) is 11.3. The molecule has 0 unspecified atom stereocenters. The topological polar surface area (TPSA) is 0 Å². The molecule has 0 N–H and O–H groups in total. The lowest BCUT2D eigenvalue weighted by molar-refractivity contribution is 0.831. The van der Waals surface area contributed by atoms with Gasteiger partial charge in [-0.2, -0.15) is 0 Å². The zero-order valence-electron chi connectivity index (χ0n) is 16.0. The van der Waals surface area contributed by atoms with E-state index < -0.39 is 0 Å². The van der Waals surface area contributed by atoms with Crippen LogP contribution in [-0.2, 0) is 19.3 Å². The first kappa shape index (κ1) is 17.8. The molecule has 0 aliphatic heterocycles. The minimum atomic E-state index is 0.604. The number of rotatable bonds is 5. The Hall–Kier alpha value is -1.56. The summed E-state index contributed by atoms with van der Waals surface area (Å²) in [6, 6.07) is 9.60. The molecule has 0 amide bonds. The molecule has 2 rings (SSSR count). The summed E-state index contributed by atoms with van der Waals surface area (Å²) in [6.07, 6.45) is 3.28. The molecular weight excluding hydrogens is 276 g/mol. The van der Waals surface area contributed by atoms with Crippen LogP contribution < -0.4 is 0 Å². The van der Waals surface area contributed by atoms with E-state index in [0.717, 1.165) is 19.3 Å². The SMILES string of the molecule is CCc1cc(Cc2cc(C)c(C(C)C)c(CC)c2)cc(C)c1C. The van der Waals surface area contributed by atoms with Crippen LogP contribution in [0.2, 0.25) is 0 Å². The summed E-state index contributed by atoms with van der Waals surface area (Å²) < 4.78 is 0. The fourth-order valence-electron chi connectivity index (χ4n) is 3.89. The second kappa shape index (κ2) is 7.34. The minimum Gasteiger partial charge on any atom is -0.0613 e. The van der Waals surface area contributed by atoms with Crippen molar-refractivity contribution < 1.29 is 0 Å². The monoisotopic (exact) mass is 308 g/mol. The van der Waals surface area contributed by atoms with Crippen LogP contribution in [0.1, 0.15) is 78.1 Å². The lowest BCUT2D eigenvalue weighted by Gasteiger charge is -2.18. The van der Waals surface area contributed by atoms with Crippen molar-refractivity contribution in [3.05, 3.63) is 68.8 Å². The highest BCUT2D eigenvalue weighted by atomic mass is 14.2. The van der Waals surface area contributed by atoms with Crippen molar-refractivity contribution in [1.29, 1.82) is 0 Å². The van der Waals surface area contributed by atoms with E-state index in [9.17, 15) is 0 Å². The summed E-state index contributed by atoms with van der Waals surface area (Å²) in [6.45, 7) is 15.9. The van der Waals surface area contributed by atoms with E-state index >= 15 is 0 Å². The Kier molecular flexibility index (Phi) is 5.68. The molecule has 0 aromatic heterocycles. The van der Waals surface area contributed by atoms with Gasteiger partial charge in [0.05, 0.1) is 0 Å². The van der Waals surface area contributed by atoms with E-state index in [4.69, 9.17) is 0 Å². The maximum atomic E-state index is 2.43. The Bertz CT molecular complexity index is 690. The highest BCUT2D eigenvalue weighted by Crippen LogP contribution is 2.27. The van der Waals surface area contributed by atoms with Gasteiger partial charge in [0.15, 0.2) is 0 Å². The Morgan fingerprint density at radius 1 is 0.739 bits per heavy atom. The van der Waals surface area contributed by atoms with Crippen LogP contribution in [0.25, 0.3) is 0 Å². The van der Waals surface area contributed by atoms with Gasteiger partial charge in [-0.3, -0.25) is 0 Å². The molecule has 2 aromatic rings. The van der Waals surface area contributed by atoms with Crippen molar-refractivity contribution in [3.63, 3.8) is 0 Å². The molecule has 0 saturated carbocycles. The van der Waals surface area contributed by atoms with E-state index in [1.807, 2.05) is 0 Å². The van der Waals surface area contributed by atoms with E-state index in [2.05, 4.69) is 72.7 Å². The van der Waals surface area contributed by atoms with Gasteiger partial charge in [0.1, 0.15) is 0 Å². The lowest BCUT2D eigenvalue weighted by atomic mass is 9.87. The minimum absolute atomic E-state index is 0.604. The summed E-state index contributed by atoms with van der Waals surface area (Å²) in [5, 5.41) is 0. The summed E-state index contributed by atoms with van der Waals surface area (Å²) in [5.41, 5.74) is 11.8. The largest absolute Gasteiger partial charge is 0.0613 e. The van der Waals surface area contributed by atoms with Gasteiger partial charge < -0.3 is 0 Å². The average molecular weight is 309 g/mol. The first-order chi connectivity index (χ1) is 10.9. The van der Waals surface area contributed by atoms with Crippen LogP contribution in [0, 0.1) is 20.8 Å². The van der Waals surface area contributed by atoms with Crippen molar-refractivity contribution in [2.75, 3.05) is 0 Å². The van der Waals surface area contributed by atoms with Crippen LogP contribution in [0.15, 0.2) is 24.3 Å². The smallest absolute Gasteiger partial charge is 0.00254 e. The average Bonchev–Trinajstić information content (AvgIpc) is 2.49. The van der Waals surface area contributed by atoms with Gasteiger partial charge in [-0.25, -0.2) is 0 Å². The molecule has 0 spiro atoms. The van der Waals surface area contributed by atoms with Gasteiger partial charge in [-0.1, -0.05) is 52.0 Å². The number of hydrogen-bond donors (Lipinski definition) is 0. The molecule has 0 nitrogen and oxygen atoms in total. The second-order valence-corrected chi connectivity index (χ2v) is 7.22. The molecule has 0 fully saturated rings. The standard InChI is InChI=1S/C23H32/c1-8-21-13-19(10-16(5)18(21)7)12-20-11-17(6)23(15(3)4)22(9-2)14-20/h10-11,13-15H,8-9,12H2,1-7H3. The summed E-state index contributed by atoms with van der Waals surface area (Å²) in [4.78, 5) is 0. The van der Waals surface area contributed by atoms with Crippen LogP contribution in [0.3, 0.4) is 0 Å². The molecule has 0 heterocycles.